The highest BCUT2D eigenvalue weighted by molar-refractivity contribution is 5.90. The fourth-order valence-corrected chi connectivity index (χ4v) is 2.03. The summed E-state index contributed by atoms with van der Waals surface area (Å²) in [6.45, 7) is 2.45. The molecule has 0 spiro atoms. The predicted molar refractivity (Wildman–Crippen MR) is 80.2 cm³/mol. The third-order valence-electron chi connectivity index (χ3n) is 3.13. The van der Waals surface area contributed by atoms with Gasteiger partial charge in [0.1, 0.15) is 12.1 Å². The highest BCUT2D eigenvalue weighted by Gasteiger charge is 2.09. The van der Waals surface area contributed by atoms with Crippen LogP contribution in [0.3, 0.4) is 0 Å². The van der Waals surface area contributed by atoms with Gasteiger partial charge in [-0.05, 0) is 23.7 Å². The van der Waals surface area contributed by atoms with Gasteiger partial charge >= 0.3 is 0 Å². The maximum absolute atomic E-state index is 5.17. The number of anilines is 2. The van der Waals surface area contributed by atoms with Crippen LogP contribution in [0.15, 0.2) is 29.0 Å². The highest BCUT2D eigenvalue weighted by atomic mass is 16.5. The van der Waals surface area contributed by atoms with Gasteiger partial charge in [0.2, 0.25) is 5.89 Å². The number of aromatic nitrogens is 4. The molecule has 0 atom stereocenters. The van der Waals surface area contributed by atoms with Crippen LogP contribution in [0.1, 0.15) is 11.5 Å². The number of para-hydroxylation sites is 1. The molecule has 108 valence electrons. The van der Waals surface area contributed by atoms with Gasteiger partial charge in [-0.1, -0.05) is 12.1 Å². The van der Waals surface area contributed by atoms with Crippen LogP contribution in [0.5, 0.6) is 0 Å². The summed E-state index contributed by atoms with van der Waals surface area (Å²) in [5.41, 5.74) is 2.06. The second-order valence-corrected chi connectivity index (χ2v) is 4.93. The van der Waals surface area contributed by atoms with Crippen LogP contribution >= 0.6 is 0 Å². The first-order valence-electron chi connectivity index (χ1n) is 6.59. The average Bonchev–Trinajstić information content (AvgIpc) is 2.95. The summed E-state index contributed by atoms with van der Waals surface area (Å²) in [5.74, 6) is 1.82. The van der Waals surface area contributed by atoms with Crippen LogP contribution < -0.4 is 10.2 Å². The van der Waals surface area contributed by atoms with Gasteiger partial charge < -0.3 is 14.7 Å². The van der Waals surface area contributed by atoms with Crippen molar-refractivity contribution in [2.75, 3.05) is 24.3 Å². The number of hydrogen-bond donors (Lipinski definition) is 1. The minimum Gasteiger partial charge on any atom is -0.360 e. The van der Waals surface area contributed by atoms with Crippen LogP contribution in [0.25, 0.3) is 10.9 Å². The Balaban J connectivity index is 1.83. The molecule has 21 heavy (non-hydrogen) atoms. The van der Waals surface area contributed by atoms with E-state index in [0.29, 0.717) is 18.4 Å². The van der Waals surface area contributed by atoms with Crippen LogP contribution in [0.2, 0.25) is 0 Å². The molecule has 0 radical (unpaired) electrons. The maximum Gasteiger partial charge on any atom is 0.265 e. The lowest BCUT2D eigenvalue weighted by Crippen LogP contribution is -2.10. The molecule has 0 aliphatic carbocycles. The highest BCUT2D eigenvalue weighted by Crippen LogP contribution is 2.22. The van der Waals surface area contributed by atoms with E-state index in [1.54, 1.807) is 11.2 Å². The maximum atomic E-state index is 5.17. The van der Waals surface area contributed by atoms with Crippen LogP contribution in [-0.2, 0) is 6.54 Å². The Morgan fingerprint density at radius 2 is 2.10 bits per heavy atom. The molecule has 0 aliphatic heterocycles. The monoisotopic (exact) mass is 284 g/mol. The van der Waals surface area contributed by atoms with Crippen molar-refractivity contribution >= 4 is 22.7 Å². The van der Waals surface area contributed by atoms with Crippen molar-refractivity contribution < 1.29 is 4.52 Å². The normalized spacial score (nSPS) is 10.8. The van der Waals surface area contributed by atoms with E-state index in [0.717, 1.165) is 22.3 Å². The van der Waals surface area contributed by atoms with E-state index < -0.39 is 0 Å². The lowest BCUT2D eigenvalue weighted by atomic mass is 10.1. The SMILES string of the molecule is Cc1cccc2c(NCc3nc(N(C)C)no3)ncnc12. The Labute approximate surface area is 122 Å². The zero-order chi connectivity index (χ0) is 14.8. The molecule has 0 saturated heterocycles. The average molecular weight is 284 g/mol. The molecule has 1 aromatic carbocycles. The van der Waals surface area contributed by atoms with Gasteiger partial charge in [-0.15, -0.1) is 0 Å². The van der Waals surface area contributed by atoms with Crippen molar-refractivity contribution in [2.24, 2.45) is 0 Å². The molecule has 0 saturated carbocycles. The Morgan fingerprint density at radius 3 is 2.86 bits per heavy atom. The number of fused-ring (bicyclic) bond motifs is 1. The third kappa shape index (κ3) is 2.62. The summed E-state index contributed by atoms with van der Waals surface area (Å²) in [7, 11) is 3.73. The van der Waals surface area contributed by atoms with Gasteiger partial charge in [0.25, 0.3) is 5.95 Å². The molecule has 0 fully saturated rings. The Kier molecular flexibility index (Phi) is 3.39. The van der Waals surface area contributed by atoms with E-state index in [9.17, 15) is 0 Å². The minimum absolute atomic E-state index is 0.418. The van der Waals surface area contributed by atoms with Crippen molar-refractivity contribution in [3.8, 4) is 0 Å². The largest absolute Gasteiger partial charge is 0.360 e. The van der Waals surface area contributed by atoms with Gasteiger partial charge in [-0.3, -0.25) is 0 Å². The Bertz CT molecular complexity index is 767. The molecule has 0 unspecified atom stereocenters. The molecule has 3 aromatic rings. The smallest absolute Gasteiger partial charge is 0.265 e. The topological polar surface area (TPSA) is 80.0 Å². The Morgan fingerprint density at radius 1 is 1.24 bits per heavy atom. The van der Waals surface area contributed by atoms with Gasteiger partial charge in [0.15, 0.2) is 0 Å². The summed E-state index contributed by atoms with van der Waals surface area (Å²) >= 11 is 0. The summed E-state index contributed by atoms with van der Waals surface area (Å²) in [6, 6.07) is 6.01. The van der Waals surface area contributed by atoms with E-state index in [1.165, 1.54) is 0 Å². The zero-order valence-electron chi connectivity index (χ0n) is 12.2. The minimum atomic E-state index is 0.418. The van der Waals surface area contributed by atoms with Crippen molar-refractivity contribution in [2.45, 2.75) is 13.5 Å². The molecule has 3 rings (SSSR count). The van der Waals surface area contributed by atoms with Crippen molar-refractivity contribution in [1.29, 1.82) is 0 Å². The van der Waals surface area contributed by atoms with Crippen molar-refractivity contribution in [3.05, 3.63) is 36.0 Å². The van der Waals surface area contributed by atoms with E-state index in [1.807, 2.05) is 39.2 Å². The first-order chi connectivity index (χ1) is 10.1. The first kappa shape index (κ1) is 13.3. The lowest BCUT2D eigenvalue weighted by molar-refractivity contribution is 0.383. The number of hydrogen-bond acceptors (Lipinski definition) is 7. The van der Waals surface area contributed by atoms with Gasteiger partial charge in [-0.25, -0.2) is 9.97 Å². The number of benzene rings is 1. The van der Waals surface area contributed by atoms with Crippen LogP contribution in [0.4, 0.5) is 11.8 Å². The molecule has 0 bridgehead atoms. The molecular weight excluding hydrogens is 268 g/mol. The second-order valence-electron chi connectivity index (χ2n) is 4.93. The fourth-order valence-electron chi connectivity index (χ4n) is 2.03. The van der Waals surface area contributed by atoms with Crippen molar-refractivity contribution in [1.82, 2.24) is 20.1 Å². The Hall–Kier alpha value is -2.70. The quantitative estimate of drug-likeness (QED) is 0.784. The van der Waals surface area contributed by atoms with Crippen molar-refractivity contribution in [3.63, 3.8) is 0 Å². The van der Waals surface area contributed by atoms with Gasteiger partial charge in [-0.2, -0.15) is 4.98 Å². The van der Waals surface area contributed by atoms with E-state index in [-0.39, 0.29) is 0 Å². The number of rotatable bonds is 4. The predicted octanol–water partition coefficient (Wildman–Crippen LogP) is 2.00. The molecule has 1 N–H and O–H groups in total. The molecule has 7 heteroatoms. The zero-order valence-corrected chi connectivity index (χ0v) is 12.2. The lowest BCUT2D eigenvalue weighted by Gasteiger charge is -2.07. The number of aryl methyl sites for hydroxylation is 1. The standard InChI is InChI=1S/C14H16N6O/c1-9-5-4-6-10-12(9)16-8-17-13(10)15-7-11-18-14(19-21-11)20(2)3/h4-6,8H,7H2,1-3H3,(H,15,16,17). The summed E-state index contributed by atoms with van der Waals surface area (Å²) < 4.78 is 5.17. The molecule has 0 aliphatic rings. The summed E-state index contributed by atoms with van der Waals surface area (Å²) in [6.07, 6.45) is 1.55. The molecular formula is C14H16N6O. The van der Waals surface area contributed by atoms with E-state index >= 15 is 0 Å². The summed E-state index contributed by atoms with van der Waals surface area (Å²) in [5, 5.41) is 8.07. The van der Waals surface area contributed by atoms with Crippen LogP contribution in [0, 0.1) is 6.92 Å². The van der Waals surface area contributed by atoms with Gasteiger partial charge in [0.05, 0.1) is 12.1 Å². The second kappa shape index (κ2) is 5.35. The molecule has 2 heterocycles. The summed E-state index contributed by atoms with van der Waals surface area (Å²) in [4.78, 5) is 14.6. The van der Waals surface area contributed by atoms with Crippen LogP contribution in [-0.4, -0.2) is 34.2 Å². The third-order valence-corrected chi connectivity index (χ3v) is 3.13. The molecule has 2 aromatic heterocycles. The van der Waals surface area contributed by atoms with Gasteiger partial charge in [0, 0.05) is 19.5 Å². The number of nitrogens with one attached hydrogen (secondary N) is 1. The van der Waals surface area contributed by atoms with E-state index in [2.05, 4.69) is 25.4 Å². The number of nitrogens with zero attached hydrogens (tertiary/aromatic N) is 5. The van der Waals surface area contributed by atoms with E-state index in [4.69, 9.17) is 4.52 Å². The fraction of sp³-hybridized carbons (Fsp3) is 0.286. The molecule has 0 amide bonds. The molecule has 7 nitrogen and oxygen atoms in total. The first-order valence-corrected chi connectivity index (χ1v) is 6.59.